The van der Waals surface area contributed by atoms with Gasteiger partial charge in [0.2, 0.25) is 0 Å². The van der Waals surface area contributed by atoms with Crippen LogP contribution >= 0.6 is 0 Å². The number of ether oxygens (including phenoxy) is 2. The van der Waals surface area contributed by atoms with Crippen molar-refractivity contribution in [1.82, 2.24) is 19.5 Å². The Kier molecular flexibility index (Phi) is 3.88. The molecule has 0 amide bonds. The number of methoxy groups -OCH3 is 1. The van der Waals surface area contributed by atoms with E-state index in [2.05, 4.69) is 15.0 Å². The number of imidazole rings is 1. The molecule has 0 aliphatic carbocycles. The predicted octanol–water partition coefficient (Wildman–Crippen LogP) is 0.502. The molecular formula is C15H14BN5O2. The van der Waals surface area contributed by atoms with Crippen LogP contribution in [-0.2, 0) is 7.05 Å². The molecule has 0 aromatic carbocycles. The van der Waals surface area contributed by atoms with Crippen LogP contribution in [0.2, 0.25) is 0 Å². The van der Waals surface area contributed by atoms with Crippen molar-refractivity contribution in [2.24, 2.45) is 12.8 Å². The van der Waals surface area contributed by atoms with Crippen molar-refractivity contribution in [3.05, 3.63) is 42.5 Å². The largest absolute Gasteiger partial charge is 0.491 e. The van der Waals surface area contributed by atoms with Crippen molar-refractivity contribution < 1.29 is 9.47 Å². The van der Waals surface area contributed by atoms with Crippen molar-refractivity contribution in [2.75, 3.05) is 7.11 Å². The maximum absolute atomic E-state index is 5.85. The number of hydrogen-bond acceptors (Lipinski definition) is 6. The molecule has 0 aliphatic heterocycles. The Hall–Kier alpha value is -3.03. The molecule has 7 nitrogen and oxygen atoms in total. The number of aromatic nitrogens is 4. The van der Waals surface area contributed by atoms with E-state index in [1.807, 2.05) is 12.1 Å². The van der Waals surface area contributed by atoms with E-state index in [1.165, 1.54) is 19.5 Å². The van der Waals surface area contributed by atoms with E-state index in [0.29, 0.717) is 39.8 Å². The normalized spacial score (nSPS) is 11.7. The van der Waals surface area contributed by atoms with Crippen LogP contribution in [0.1, 0.15) is 5.69 Å². The summed E-state index contributed by atoms with van der Waals surface area (Å²) in [6.07, 6.45) is 4.51. The number of nitrogens with zero attached hydrogens (tertiary/aromatic N) is 4. The summed E-state index contributed by atoms with van der Waals surface area (Å²) < 4.78 is 13.0. The minimum absolute atomic E-state index is 0.335. The second-order valence-electron chi connectivity index (χ2n) is 4.70. The third-order valence-corrected chi connectivity index (χ3v) is 3.35. The lowest BCUT2D eigenvalue weighted by molar-refractivity contribution is 0.387. The Morgan fingerprint density at radius 3 is 2.83 bits per heavy atom. The van der Waals surface area contributed by atoms with Gasteiger partial charge in [-0.25, -0.2) is 9.97 Å². The molecule has 0 atom stereocenters. The minimum Gasteiger partial charge on any atom is -0.491 e. The monoisotopic (exact) mass is 307 g/mol. The fourth-order valence-corrected chi connectivity index (χ4v) is 2.21. The average Bonchev–Trinajstić information content (AvgIpc) is 2.88. The van der Waals surface area contributed by atoms with Gasteiger partial charge in [0, 0.05) is 19.4 Å². The maximum atomic E-state index is 5.85. The zero-order chi connectivity index (χ0) is 16.4. The SMILES string of the molecule is [B]c1nc2ncc(O/C(=C/N)c3ccccn3)c(OC)c2n1C. The molecule has 0 saturated heterocycles. The highest BCUT2D eigenvalue weighted by molar-refractivity contribution is 6.30. The van der Waals surface area contributed by atoms with E-state index in [-0.39, 0.29) is 0 Å². The number of pyridine rings is 2. The van der Waals surface area contributed by atoms with Crippen molar-refractivity contribution in [3.8, 4) is 11.5 Å². The van der Waals surface area contributed by atoms with Crippen LogP contribution in [0.5, 0.6) is 11.5 Å². The van der Waals surface area contributed by atoms with Crippen LogP contribution in [0.3, 0.4) is 0 Å². The van der Waals surface area contributed by atoms with Gasteiger partial charge in [0.25, 0.3) is 0 Å². The molecule has 0 fully saturated rings. The molecule has 0 aliphatic rings. The van der Waals surface area contributed by atoms with Crippen molar-refractivity contribution in [3.63, 3.8) is 0 Å². The molecule has 23 heavy (non-hydrogen) atoms. The lowest BCUT2D eigenvalue weighted by Crippen LogP contribution is -2.15. The van der Waals surface area contributed by atoms with Gasteiger partial charge in [0.1, 0.15) is 11.2 Å². The van der Waals surface area contributed by atoms with Crippen LogP contribution in [0.25, 0.3) is 16.9 Å². The van der Waals surface area contributed by atoms with Gasteiger partial charge in [0.15, 0.2) is 30.8 Å². The fraction of sp³-hybridized carbons (Fsp3) is 0.133. The first kappa shape index (κ1) is 14.9. The molecule has 3 heterocycles. The highest BCUT2D eigenvalue weighted by atomic mass is 16.5. The molecule has 114 valence electrons. The third kappa shape index (κ3) is 2.59. The lowest BCUT2D eigenvalue weighted by Gasteiger charge is -2.13. The molecule has 3 aromatic heterocycles. The Bertz CT molecular complexity index is 876. The fourth-order valence-electron chi connectivity index (χ4n) is 2.21. The molecule has 0 saturated carbocycles. The van der Waals surface area contributed by atoms with Gasteiger partial charge in [-0.05, 0) is 12.1 Å². The third-order valence-electron chi connectivity index (χ3n) is 3.35. The van der Waals surface area contributed by atoms with Crippen LogP contribution in [0.4, 0.5) is 0 Å². The summed E-state index contributed by atoms with van der Waals surface area (Å²) in [7, 11) is 9.13. The lowest BCUT2D eigenvalue weighted by atomic mass is 10.1. The van der Waals surface area contributed by atoms with E-state index in [0.717, 1.165) is 0 Å². The molecule has 8 heteroatoms. The zero-order valence-electron chi connectivity index (χ0n) is 12.7. The number of fused-ring (bicyclic) bond motifs is 1. The van der Waals surface area contributed by atoms with E-state index in [1.54, 1.807) is 23.9 Å². The summed E-state index contributed by atoms with van der Waals surface area (Å²) in [5.74, 6) is 1.25. The molecule has 0 spiro atoms. The van der Waals surface area contributed by atoms with Gasteiger partial charge < -0.3 is 19.8 Å². The van der Waals surface area contributed by atoms with E-state index >= 15 is 0 Å². The van der Waals surface area contributed by atoms with Gasteiger partial charge in [-0.15, -0.1) is 0 Å². The topological polar surface area (TPSA) is 88.1 Å². The van der Waals surface area contributed by atoms with Crippen molar-refractivity contribution in [1.29, 1.82) is 0 Å². The van der Waals surface area contributed by atoms with Crippen LogP contribution in [-0.4, -0.2) is 34.5 Å². The number of nitrogens with two attached hydrogens (primary N) is 1. The minimum atomic E-state index is 0.335. The maximum Gasteiger partial charge on any atom is 0.190 e. The Morgan fingerprint density at radius 2 is 2.17 bits per heavy atom. The summed E-state index contributed by atoms with van der Waals surface area (Å²) in [6.45, 7) is 0. The van der Waals surface area contributed by atoms with Gasteiger partial charge in [-0.1, -0.05) is 6.07 Å². The van der Waals surface area contributed by atoms with E-state index in [9.17, 15) is 0 Å². The zero-order valence-corrected chi connectivity index (χ0v) is 12.7. The van der Waals surface area contributed by atoms with Gasteiger partial charge in [-0.2, -0.15) is 0 Å². The summed E-state index contributed by atoms with van der Waals surface area (Å²) in [5, 5.41) is 0. The van der Waals surface area contributed by atoms with E-state index in [4.69, 9.17) is 23.1 Å². The quantitative estimate of drug-likeness (QED) is 0.558. The summed E-state index contributed by atoms with van der Waals surface area (Å²) in [5.41, 5.74) is 7.72. The summed E-state index contributed by atoms with van der Waals surface area (Å²) in [6, 6.07) is 5.44. The van der Waals surface area contributed by atoms with Gasteiger partial charge >= 0.3 is 0 Å². The second-order valence-corrected chi connectivity index (χ2v) is 4.70. The van der Waals surface area contributed by atoms with Crippen molar-refractivity contribution in [2.45, 2.75) is 0 Å². The first-order valence-corrected chi connectivity index (χ1v) is 6.81. The average molecular weight is 307 g/mol. The molecule has 0 bridgehead atoms. The summed E-state index contributed by atoms with van der Waals surface area (Å²) >= 11 is 0. The second kappa shape index (κ2) is 6.00. The summed E-state index contributed by atoms with van der Waals surface area (Å²) in [4.78, 5) is 12.6. The van der Waals surface area contributed by atoms with Gasteiger partial charge in [0.05, 0.1) is 19.0 Å². The Morgan fingerprint density at radius 1 is 1.35 bits per heavy atom. The van der Waals surface area contributed by atoms with Crippen LogP contribution in [0.15, 0.2) is 36.8 Å². The number of rotatable bonds is 4. The first-order chi connectivity index (χ1) is 11.2. The highest BCUT2D eigenvalue weighted by Crippen LogP contribution is 2.35. The Balaban J connectivity index is 2.08. The number of hydrogen-bond donors (Lipinski definition) is 1. The first-order valence-electron chi connectivity index (χ1n) is 6.81. The van der Waals surface area contributed by atoms with Crippen molar-refractivity contribution >= 4 is 30.5 Å². The molecule has 3 aromatic rings. The van der Waals surface area contributed by atoms with Crippen LogP contribution in [0, 0.1) is 0 Å². The van der Waals surface area contributed by atoms with Gasteiger partial charge in [-0.3, -0.25) is 4.98 Å². The molecule has 2 radical (unpaired) electrons. The molecule has 2 N–H and O–H groups in total. The standard InChI is InChI=1S/C15H14BN5O2/c1-21-12-13(22-2)11(8-19-14(12)20-15(21)16)23-10(7-17)9-5-3-4-6-18-9/h3-8H,17H2,1-2H3/b10-7+. The van der Waals surface area contributed by atoms with Crippen LogP contribution < -0.4 is 20.9 Å². The smallest absolute Gasteiger partial charge is 0.190 e. The van der Waals surface area contributed by atoms with E-state index < -0.39 is 0 Å². The molecule has 3 rings (SSSR count). The highest BCUT2D eigenvalue weighted by Gasteiger charge is 2.18. The molecular weight excluding hydrogens is 293 g/mol. The Labute approximate surface area is 134 Å². The number of aryl methyl sites for hydroxylation is 1. The predicted molar refractivity (Wildman–Crippen MR) is 87.5 cm³/mol. The molecule has 0 unspecified atom stereocenters.